The van der Waals surface area contributed by atoms with Gasteiger partial charge in [-0.15, -0.1) is 0 Å². The van der Waals surface area contributed by atoms with E-state index in [2.05, 4.69) is 5.32 Å². The number of amides is 1. The van der Waals surface area contributed by atoms with Crippen LogP contribution in [0.3, 0.4) is 0 Å². The van der Waals surface area contributed by atoms with Gasteiger partial charge in [-0.1, -0.05) is 13.8 Å². The van der Waals surface area contributed by atoms with Crippen molar-refractivity contribution in [2.45, 2.75) is 39.0 Å². The predicted molar refractivity (Wildman–Crippen MR) is 90.8 cm³/mol. The fourth-order valence-corrected chi connectivity index (χ4v) is 2.54. The largest absolute Gasteiger partial charge is 0.438 e. The monoisotopic (exact) mass is 411 g/mol. The van der Waals surface area contributed by atoms with Crippen LogP contribution in [-0.4, -0.2) is 36.7 Å². The minimum atomic E-state index is -4.51. The van der Waals surface area contributed by atoms with Crippen molar-refractivity contribution in [1.82, 2.24) is 0 Å². The molecule has 0 heterocycles. The standard InChI is InChI=1S/C16H20F3NO6S/c1-10(2)9-14(13(21)7-8-27(23,24)25)26-15(22)20-12-5-3-11(4-6-12)16(17,18)19/h3-6,10,14H,7-9H2,1-2H3,(H,20,22)(H,23,24,25)/t14-/m0/s1. The van der Waals surface area contributed by atoms with Gasteiger partial charge in [0.25, 0.3) is 10.1 Å². The lowest BCUT2D eigenvalue weighted by atomic mass is 10.0. The number of hydrogen-bond acceptors (Lipinski definition) is 5. The van der Waals surface area contributed by atoms with E-state index in [0.29, 0.717) is 0 Å². The van der Waals surface area contributed by atoms with Gasteiger partial charge in [0.1, 0.15) is 0 Å². The Labute approximate surface area is 154 Å². The van der Waals surface area contributed by atoms with Crippen molar-refractivity contribution in [3.8, 4) is 0 Å². The van der Waals surface area contributed by atoms with Crippen LogP contribution < -0.4 is 5.32 Å². The van der Waals surface area contributed by atoms with Crippen LogP contribution >= 0.6 is 0 Å². The molecule has 7 nitrogen and oxygen atoms in total. The van der Waals surface area contributed by atoms with E-state index in [-0.39, 0.29) is 18.0 Å². The van der Waals surface area contributed by atoms with Crippen LogP contribution in [0.4, 0.5) is 23.7 Å². The molecule has 1 amide bonds. The number of rotatable bonds is 8. The Balaban J connectivity index is 2.74. The number of alkyl halides is 3. The van der Waals surface area contributed by atoms with Crippen molar-refractivity contribution >= 4 is 27.7 Å². The second-order valence-electron chi connectivity index (χ2n) is 6.23. The summed E-state index contributed by atoms with van der Waals surface area (Å²) in [5, 5.41) is 2.20. The number of nitrogens with one attached hydrogen (secondary N) is 1. The Morgan fingerprint density at radius 2 is 1.74 bits per heavy atom. The smallest absolute Gasteiger partial charge is 0.416 e. The summed E-state index contributed by atoms with van der Waals surface area (Å²) in [6, 6.07) is 3.61. The summed E-state index contributed by atoms with van der Waals surface area (Å²) in [6.07, 6.45) is -7.25. The van der Waals surface area contributed by atoms with E-state index >= 15 is 0 Å². The average Bonchev–Trinajstić information content (AvgIpc) is 2.50. The van der Waals surface area contributed by atoms with Crippen molar-refractivity contribution in [3.05, 3.63) is 29.8 Å². The highest BCUT2D eigenvalue weighted by atomic mass is 32.2. The number of halogens is 3. The molecule has 0 spiro atoms. The van der Waals surface area contributed by atoms with Crippen molar-refractivity contribution in [3.63, 3.8) is 0 Å². The Kier molecular flexibility index (Phi) is 7.78. The van der Waals surface area contributed by atoms with Gasteiger partial charge in [-0.25, -0.2) is 4.79 Å². The first-order chi connectivity index (χ1) is 12.3. The third-order valence-electron chi connectivity index (χ3n) is 3.36. The zero-order valence-corrected chi connectivity index (χ0v) is 15.4. The Morgan fingerprint density at radius 1 is 1.19 bits per heavy atom. The van der Waals surface area contributed by atoms with Gasteiger partial charge in [-0.05, 0) is 36.6 Å². The molecule has 1 aromatic carbocycles. The molecule has 0 unspecified atom stereocenters. The first-order valence-corrected chi connectivity index (χ1v) is 9.51. The fraction of sp³-hybridized carbons (Fsp3) is 0.500. The minimum absolute atomic E-state index is 0.0293. The first kappa shape index (κ1) is 22.9. The maximum Gasteiger partial charge on any atom is 0.416 e. The molecule has 152 valence electrons. The molecule has 1 atom stereocenters. The topological polar surface area (TPSA) is 110 Å². The molecule has 1 rings (SSSR count). The molecule has 2 N–H and O–H groups in total. The maximum atomic E-state index is 12.5. The van der Waals surface area contributed by atoms with Crippen molar-refractivity contribution in [2.24, 2.45) is 5.92 Å². The molecule has 0 saturated heterocycles. The lowest BCUT2D eigenvalue weighted by Crippen LogP contribution is -2.32. The number of carbonyl (C=O) groups excluding carboxylic acids is 2. The normalized spacial score (nSPS) is 13.3. The summed E-state index contributed by atoms with van der Waals surface area (Å²) in [7, 11) is -4.34. The minimum Gasteiger partial charge on any atom is -0.438 e. The van der Waals surface area contributed by atoms with Gasteiger partial charge in [0.05, 0.1) is 11.3 Å². The molecule has 0 aromatic heterocycles. The summed E-state index contributed by atoms with van der Waals surface area (Å²) in [6.45, 7) is 3.50. The maximum absolute atomic E-state index is 12.5. The van der Waals surface area contributed by atoms with Crippen molar-refractivity contribution in [1.29, 1.82) is 0 Å². The Morgan fingerprint density at radius 3 is 2.19 bits per heavy atom. The number of benzene rings is 1. The van der Waals surface area contributed by atoms with Gasteiger partial charge in [0, 0.05) is 12.1 Å². The van der Waals surface area contributed by atoms with Crippen molar-refractivity contribution in [2.75, 3.05) is 11.1 Å². The number of ether oxygens (including phenoxy) is 1. The lowest BCUT2D eigenvalue weighted by Gasteiger charge is -2.19. The predicted octanol–water partition coefficient (Wildman–Crippen LogP) is 3.52. The molecule has 0 saturated carbocycles. The van der Waals surface area contributed by atoms with E-state index < -0.39 is 52.0 Å². The van der Waals surface area contributed by atoms with Crippen molar-refractivity contribution < 1.29 is 40.5 Å². The third kappa shape index (κ3) is 8.87. The van der Waals surface area contributed by atoms with E-state index in [1.165, 1.54) is 0 Å². The molecule has 0 aliphatic rings. The van der Waals surface area contributed by atoms with E-state index in [9.17, 15) is 31.2 Å². The van der Waals surface area contributed by atoms with E-state index in [0.717, 1.165) is 24.3 Å². The quantitative estimate of drug-likeness (QED) is 0.634. The van der Waals surface area contributed by atoms with Crippen LogP contribution in [0.25, 0.3) is 0 Å². The van der Waals surface area contributed by atoms with E-state index in [1.807, 2.05) is 0 Å². The fourth-order valence-electron chi connectivity index (χ4n) is 2.08. The number of Topliss-reactive ketones (excluding diaryl/α,β-unsaturated/α-hetero) is 1. The van der Waals surface area contributed by atoms with Crippen LogP contribution in [0, 0.1) is 5.92 Å². The highest BCUT2D eigenvalue weighted by Gasteiger charge is 2.30. The summed E-state index contributed by atoms with van der Waals surface area (Å²) in [5.41, 5.74) is -0.860. The van der Waals surface area contributed by atoms with Gasteiger partial charge in [0.2, 0.25) is 0 Å². The van der Waals surface area contributed by atoms with Gasteiger partial charge >= 0.3 is 12.3 Å². The van der Waals surface area contributed by atoms with Crippen LogP contribution in [0.1, 0.15) is 32.3 Å². The number of ketones is 1. The molecule has 0 fully saturated rings. The van der Waals surface area contributed by atoms with Crippen LogP contribution in [0.15, 0.2) is 24.3 Å². The second-order valence-corrected chi connectivity index (χ2v) is 7.80. The molecule has 0 aliphatic carbocycles. The molecular formula is C16H20F3NO6S. The van der Waals surface area contributed by atoms with Gasteiger partial charge in [-0.3, -0.25) is 14.7 Å². The Hall–Kier alpha value is -2.14. The van der Waals surface area contributed by atoms with Crippen LogP contribution in [0.2, 0.25) is 0 Å². The van der Waals surface area contributed by atoms with Gasteiger partial charge in [-0.2, -0.15) is 21.6 Å². The molecule has 1 aromatic rings. The SMILES string of the molecule is CC(C)C[C@H](OC(=O)Nc1ccc(C(F)(F)F)cc1)C(=O)CCS(=O)(=O)O. The zero-order chi connectivity index (χ0) is 20.8. The second kappa shape index (κ2) is 9.18. The summed E-state index contributed by atoms with van der Waals surface area (Å²) < 4.78 is 72.7. The summed E-state index contributed by atoms with van der Waals surface area (Å²) >= 11 is 0. The number of anilines is 1. The van der Waals surface area contributed by atoms with Gasteiger partial charge in [0.15, 0.2) is 11.9 Å². The molecular weight excluding hydrogens is 391 g/mol. The molecule has 0 bridgehead atoms. The lowest BCUT2D eigenvalue weighted by molar-refractivity contribution is -0.137. The summed E-state index contributed by atoms with van der Waals surface area (Å²) in [5.74, 6) is -1.56. The first-order valence-electron chi connectivity index (χ1n) is 7.90. The van der Waals surface area contributed by atoms with Gasteiger partial charge < -0.3 is 4.74 Å². The summed E-state index contributed by atoms with van der Waals surface area (Å²) in [4.78, 5) is 24.0. The van der Waals surface area contributed by atoms with Crippen LogP contribution in [-0.2, 0) is 25.8 Å². The third-order valence-corrected chi connectivity index (χ3v) is 4.08. The molecule has 11 heteroatoms. The molecule has 0 radical (unpaired) electrons. The molecule has 0 aliphatic heterocycles. The van der Waals surface area contributed by atoms with Crippen LogP contribution in [0.5, 0.6) is 0 Å². The van der Waals surface area contributed by atoms with E-state index in [1.54, 1.807) is 13.8 Å². The number of hydrogen-bond donors (Lipinski definition) is 2. The highest BCUT2D eigenvalue weighted by Crippen LogP contribution is 2.29. The Bertz CT molecular complexity index is 759. The van der Waals surface area contributed by atoms with E-state index in [4.69, 9.17) is 9.29 Å². The highest BCUT2D eigenvalue weighted by molar-refractivity contribution is 7.85. The average molecular weight is 411 g/mol. The number of carbonyl (C=O) groups is 2. The zero-order valence-electron chi connectivity index (χ0n) is 14.6. The molecule has 27 heavy (non-hydrogen) atoms.